The smallest absolute Gasteiger partial charge is 0.251 e. The van der Waals surface area contributed by atoms with Crippen LogP contribution in [0.3, 0.4) is 0 Å². The van der Waals surface area contributed by atoms with Gasteiger partial charge in [0.25, 0.3) is 5.84 Å². The number of aromatic nitrogens is 2. The number of thiol groups is 1. The van der Waals surface area contributed by atoms with Gasteiger partial charge in [0, 0.05) is 6.42 Å². The fourth-order valence-corrected chi connectivity index (χ4v) is 1.58. The van der Waals surface area contributed by atoms with E-state index in [1.54, 1.807) is 0 Å². The van der Waals surface area contributed by atoms with Gasteiger partial charge in [-0.05, 0) is 12.1 Å². The van der Waals surface area contributed by atoms with Crippen LogP contribution in [0.5, 0.6) is 0 Å². The van der Waals surface area contributed by atoms with Crippen LogP contribution in [0.4, 0.5) is 0 Å². The Morgan fingerprint density at radius 1 is 1.53 bits per heavy atom. The van der Waals surface area contributed by atoms with Gasteiger partial charge < -0.3 is 4.98 Å². The first-order chi connectivity index (χ1) is 7.16. The summed E-state index contributed by atoms with van der Waals surface area (Å²) in [5.41, 5.74) is 7.42. The second-order valence-corrected chi connectivity index (χ2v) is 4.04. The van der Waals surface area contributed by atoms with Crippen molar-refractivity contribution in [2.75, 3.05) is 0 Å². The molecule has 1 unspecified atom stereocenters. The molecule has 1 aromatic heterocycles. The highest BCUT2D eigenvalue weighted by Gasteiger charge is 2.14. The van der Waals surface area contributed by atoms with Crippen molar-refractivity contribution >= 4 is 29.5 Å². The number of hydrogen-bond acceptors (Lipinski definition) is 2. The Balaban J connectivity index is 2.26. The van der Waals surface area contributed by atoms with Gasteiger partial charge in [0.15, 0.2) is 0 Å². The van der Waals surface area contributed by atoms with Crippen molar-refractivity contribution in [2.24, 2.45) is 5.73 Å². The fraction of sp³-hybridized carbons (Fsp3) is 0.200. The molecule has 2 rings (SSSR count). The monoisotopic (exact) mass is 221 g/mol. The second kappa shape index (κ2) is 3.94. The van der Waals surface area contributed by atoms with E-state index in [-0.39, 0.29) is 5.25 Å². The molecule has 4 nitrogen and oxygen atoms in total. The molecule has 0 aliphatic rings. The molecule has 5 N–H and O–H groups in total. The van der Waals surface area contributed by atoms with Crippen LogP contribution in [0.15, 0.2) is 24.3 Å². The van der Waals surface area contributed by atoms with Crippen LogP contribution in [0.25, 0.3) is 11.0 Å². The minimum Gasteiger partial charge on any atom is -0.342 e. The Labute approximate surface area is 92.8 Å². The van der Waals surface area contributed by atoms with Gasteiger partial charge >= 0.3 is 0 Å². The standard InChI is InChI=1S/C10H12N4S/c11-10(12)8(15)5-9-13-6-3-1-2-4-7(6)14-9/h1-4,8,15H,5H2,(H3,11,12)(H,13,14)/p+1. The summed E-state index contributed by atoms with van der Waals surface area (Å²) in [5, 5.41) is 5.29. The predicted octanol–water partition coefficient (Wildman–Crippen LogP) is -0.480. The van der Waals surface area contributed by atoms with Gasteiger partial charge in [-0.25, -0.2) is 4.98 Å². The molecule has 1 atom stereocenters. The highest BCUT2D eigenvalue weighted by atomic mass is 32.1. The molecule has 0 aliphatic heterocycles. The molecule has 0 saturated carbocycles. The van der Waals surface area contributed by atoms with Crippen molar-refractivity contribution in [1.29, 1.82) is 0 Å². The van der Waals surface area contributed by atoms with Crippen LogP contribution in [-0.2, 0) is 6.42 Å². The summed E-state index contributed by atoms with van der Waals surface area (Å²) in [6.07, 6.45) is 0.611. The van der Waals surface area contributed by atoms with Crippen molar-refractivity contribution < 1.29 is 5.41 Å². The van der Waals surface area contributed by atoms with Gasteiger partial charge in [-0.1, -0.05) is 12.1 Å². The molecule has 15 heavy (non-hydrogen) atoms. The highest BCUT2D eigenvalue weighted by molar-refractivity contribution is 7.81. The van der Waals surface area contributed by atoms with Crippen LogP contribution in [0.2, 0.25) is 0 Å². The third-order valence-electron chi connectivity index (χ3n) is 2.21. The maximum Gasteiger partial charge on any atom is 0.251 e. The maximum atomic E-state index is 5.45. The number of nitrogens with two attached hydrogens (primary N) is 2. The molecule has 0 aliphatic carbocycles. The van der Waals surface area contributed by atoms with E-state index >= 15 is 0 Å². The number of benzene rings is 1. The van der Waals surface area contributed by atoms with Crippen LogP contribution < -0.4 is 11.1 Å². The Hall–Kier alpha value is -1.49. The first-order valence-corrected chi connectivity index (χ1v) is 5.18. The first-order valence-electron chi connectivity index (χ1n) is 4.66. The Kier molecular flexibility index (Phi) is 2.64. The molecule has 78 valence electrons. The lowest BCUT2D eigenvalue weighted by Gasteiger charge is -2.00. The number of rotatable bonds is 3. The van der Waals surface area contributed by atoms with Crippen LogP contribution in [0, 0.1) is 0 Å². The molecular formula is C10H13N4S+. The summed E-state index contributed by atoms with van der Waals surface area (Å²) < 4.78 is 0. The van der Waals surface area contributed by atoms with E-state index in [1.165, 1.54) is 0 Å². The lowest BCUT2D eigenvalue weighted by molar-refractivity contribution is -0.117. The van der Waals surface area contributed by atoms with Crippen molar-refractivity contribution in [2.45, 2.75) is 11.7 Å². The van der Waals surface area contributed by atoms with Gasteiger partial charge in [0.2, 0.25) is 0 Å². The fourth-order valence-electron chi connectivity index (χ4n) is 1.40. The first kappa shape index (κ1) is 10.0. The molecule has 0 fully saturated rings. The Bertz CT molecular complexity index is 458. The van der Waals surface area contributed by atoms with E-state index in [4.69, 9.17) is 11.1 Å². The Morgan fingerprint density at radius 2 is 2.27 bits per heavy atom. The number of hydrogen-bond donors (Lipinski definition) is 4. The van der Waals surface area contributed by atoms with E-state index in [0.717, 1.165) is 16.9 Å². The average molecular weight is 221 g/mol. The number of aromatic amines is 1. The molecule has 0 spiro atoms. The second-order valence-electron chi connectivity index (χ2n) is 3.42. The lowest BCUT2D eigenvalue weighted by atomic mass is 10.3. The number of imidazole rings is 1. The molecule has 5 heteroatoms. The molecule has 1 aromatic carbocycles. The summed E-state index contributed by atoms with van der Waals surface area (Å²) in [6.45, 7) is 0. The number of nitrogens with one attached hydrogen (secondary N) is 1. The predicted molar refractivity (Wildman–Crippen MR) is 63.7 cm³/mol. The maximum absolute atomic E-state index is 5.45. The molecule has 0 amide bonds. The molecular weight excluding hydrogens is 208 g/mol. The Morgan fingerprint density at radius 3 is 2.93 bits per heavy atom. The van der Waals surface area contributed by atoms with E-state index in [2.05, 4.69) is 22.6 Å². The normalized spacial score (nSPS) is 12.9. The van der Waals surface area contributed by atoms with Gasteiger partial charge in [0.05, 0.1) is 11.0 Å². The summed E-state index contributed by atoms with van der Waals surface area (Å²) in [4.78, 5) is 7.60. The van der Waals surface area contributed by atoms with Gasteiger partial charge in [-0.3, -0.25) is 11.1 Å². The molecule has 0 bridgehead atoms. The molecule has 2 aromatic rings. The summed E-state index contributed by atoms with van der Waals surface area (Å²) in [6, 6.07) is 7.85. The number of H-pyrrole nitrogens is 1. The molecule has 0 radical (unpaired) electrons. The topological polar surface area (TPSA) is 80.3 Å². The van der Waals surface area contributed by atoms with Gasteiger partial charge in [-0.2, -0.15) is 12.6 Å². The minimum absolute atomic E-state index is 0.162. The van der Waals surface area contributed by atoms with E-state index in [1.807, 2.05) is 24.3 Å². The quantitative estimate of drug-likeness (QED) is 0.321. The number of para-hydroxylation sites is 2. The minimum atomic E-state index is -0.162. The van der Waals surface area contributed by atoms with E-state index in [9.17, 15) is 0 Å². The summed E-state index contributed by atoms with van der Waals surface area (Å²) in [5.74, 6) is 1.17. The highest BCUT2D eigenvalue weighted by Crippen LogP contribution is 2.12. The van der Waals surface area contributed by atoms with Crippen LogP contribution in [-0.4, -0.2) is 21.1 Å². The lowest BCUT2D eigenvalue weighted by Crippen LogP contribution is -2.51. The summed E-state index contributed by atoms with van der Waals surface area (Å²) >= 11 is 4.27. The SMILES string of the molecule is NC(=[NH2+])C(S)Cc1nc2ccccc2[nH]1. The van der Waals surface area contributed by atoms with Gasteiger partial charge in [0.1, 0.15) is 11.1 Å². The van der Waals surface area contributed by atoms with Crippen molar-refractivity contribution in [3.05, 3.63) is 30.1 Å². The number of amidine groups is 1. The third kappa shape index (κ3) is 2.12. The number of nitrogens with zero attached hydrogens (tertiary/aromatic N) is 1. The van der Waals surface area contributed by atoms with Crippen molar-refractivity contribution in [3.63, 3.8) is 0 Å². The zero-order valence-corrected chi connectivity index (χ0v) is 9.04. The van der Waals surface area contributed by atoms with Crippen LogP contribution >= 0.6 is 12.6 Å². The largest absolute Gasteiger partial charge is 0.342 e. The van der Waals surface area contributed by atoms with E-state index < -0.39 is 0 Å². The van der Waals surface area contributed by atoms with Crippen LogP contribution in [0.1, 0.15) is 5.82 Å². The molecule has 1 heterocycles. The zero-order valence-electron chi connectivity index (χ0n) is 8.14. The van der Waals surface area contributed by atoms with E-state index in [0.29, 0.717) is 12.3 Å². The average Bonchev–Trinajstić information content (AvgIpc) is 2.59. The zero-order chi connectivity index (χ0) is 10.8. The van der Waals surface area contributed by atoms with Gasteiger partial charge in [-0.15, -0.1) is 0 Å². The third-order valence-corrected chi connectivity index (χ3v) is 2.69. The number of fused-ring (bicyclic) bond motifs is 1. The molecule has 0 saturated heterocycles. The van der Waals surface area contributed by atoms with Crippen molar-refractivity contribution in [1.82, 2.24) is 9.97 Å². The summed E-state index contributed by atoms with van der Waals surface area (Å²) in [7, 11) is 0. The van der Waals surface area contributed by atoms with Crippen molar-refractivity contribution in [3.8, 4) is 0 Å².